The Kier molecular flexibility index (Phi) is 4.18. The number of nitrogens with zero attached hydrogens (tertiary/aromatic N) is 1. The molecule has 4 N–H and O–H groups in total. The highest BCUT2D eigenvalue weighted by Crippen LogP contribution is 2.10. The SMILES string of the molecule is CCn1c(=O)[nH]c2cc(C(=O)NC(C)(C)CN)ccc2c1=O. The molecule has 0 fully saturated rings. The summed E-state index contributed by atoms with van der Waals surface area (Å²) in [5, 5.41) is 3.17. The molecule has 1 amide bonds. The molecule has 118 valence electrons. The molecule has 1 aromatic heterocycles. The molecule has 0 aliphatic carbocycles. The Bertz CT molecular complexity index is 833. The Hall–Kier alpha value is -2.41. The van der Waals surface area contributed by atoms with Gasteiger partial charge in [-0.25, -0.2) is 4.79 Å². The number of benzene rings is 1. The first-order chi connectivity index (χ1) is 10.3. The summed E-state index contributed by atoms with van der Waals surface area (Å²) in [6, 6.07) is 4.61. The Balaban J connectivity index is 2.50. The topological polar surface area (TPSA) is 110 Å². The summed E-state index contributed by atoms with van der Waals surface area (Å²) >= 11 is 0. The molecule has 1 aromatic carbocycles. The number of fused-ring (bicyclic) bond motifs is 1. The molecule has 0 unspecified atom stereocenters. The maximum absolute atomic E-state index is 12.2. The third kappa shape index (κ3) is 2.94. The average Bonchev–Trinajstić information content (AvgIpc) is 2.46. The molecule has 0 saturated heterocycles. The summed E-state index contributed by atoms with van der Waals surface area (Å²) in [7, 11) is 0. The van der Waals surface area contributed by atoms with E-state index in [1.54, 1.807) is 19.1 Å². The maximum Gasteiger partial charge on any atom is 0.328 e. The van der Waals surface area contributed by atoms with Gasteiger partial charge in [0.05, 0.1) is 10.9 Å². The minimum Gasteiger partial charge on any atom is -0.346 e. The van der Waals surface area contributed by atoms with Crippen molar-refractivity contribution in [3.8, 4) is 0 Å². The van der Waals surface area contributed by atoms with Crippen LogP contribution >= 0.6 is 0 Å². The number of rotatable bonds is 4. The molecule has 2 aromatic rings. The van der Waals surface area contributed by atoms with E-state index < -0.39 is 11.2 Å². The zero-order valence-electron chi connectivity index (χ0n) is 12.9. The molecule has 0 saturated carbocycles. The van der Waals surface area contributed by atoms with E-state index in [2.05, 4.69) is 10.3 Å². The number of hydrogen-bond donors (Lipinski definition) is 3. The normalized spacial score (nSPS) is 11.6. The van der Waals surface area contributed by atoms with Gasteiger partial charge in [0.15, 0.2) is 0 Å². The fourth-order valence-electron chi connectivity index (χ4n) is 2.11. The van der Waals surface area contributed by atoms with Gasteiger partial charge in [-0.15, -0.1) is 0 Å². The van der Waals surface area contributed by atoms with Crippen LogP contribution in [0.2, 0.25) is 0 Å². The number of nitrogens with two attached hydrogens (primary N) is 1. The lowest BCUT2D eigenvalue weighted by atomic mass is 10.0. The molecule has 22 heavy (non-hydrogen) atoms. The molecular weight excluding hydrogens is 284 g/mol. The van der Waals surface area contributed by atoms with E-state index in [9.17, 15) is 14.4 Å². The lowest BCUT2D eigenvalue weighted by Gasteiger charge is -2.24. The first kappa shape index (κ1) is 16.0. The predicted molar refractivity (Wildman–Crippen MR) is 85.1 cm³/mol. The van der Waals surface area contributed by atoms with E-state index in [1.807, 2.05) is 13.8 Å². The number of aromatic amines is 1. The summed E-state index contributed by atoms with van der Waals surface area (Å²) in [5.41, 5.74) is 4.91. The van der Waals surface area contributed by atoms with Crippen molar-refractivity contribution in [1.82, 2.24) is 14.9 Å². The van der Waals surface area contributed by atoms with Gasteiger partial charge in [0.25, 0.3) is 11.5 Å². The third-order valence-electron chi connectivity index (χ3n) is 3.52. The molecule has 0 aliphatic heterocycles. The van der Waals surface area contributed by atoms with E-state index >= 15 is 0 Å². The van der Waals surface area contributed by atoms with E-state index in [-0.39, 0.29) is 18.0 Å². The monoisotopic (exact) mass is 304 g/mol. The predicted octanol–water partition coefficient (Wildman–Crippen LogP) is 0.177. The molecule has 1 heterocycles. The summed E-state index contributed by atoms with van der Waals surface area (Å²) in [4.78, 5) is 38.8. The first-order valence-corrected chi connectivity index (χ1v) is 7.08. The van der Waals surface area contributed by atoms with Gasteiger partial charge in [-0.05, 0) is 39.0 Å². The first-order valence-electron chi connectivity index (χ1n) is 7.08. The lowest BCUT2D eigenvalue weighted by molar-refractivity contribution is 0.0916. The summed E-state index contributed by atoms with van der Waals surface area (Å²) in [5.74, 6) is -0.308. The van der Waals surface area contributed by atoms with Crippen LogP contribution in [0.1, 0.15) is 31.1 Å². The maximum atomic E-state index is 12.2. The quantitative estimate of drug-likeness (QED) is 0.748. The van der Waals surface area contributed by atoms with Crippen LogP contribution in [0.3, 0.4) is 0 Å². The van der Waals surface area contributed by atoms with Gasteiger partial charge in [-0.2, -0.15) is 0 Å². The highest BCUT2D eigenvalue weighted by atomic mass is 16.2. The van der Waals surface area contributed by atoms with Crippen LogP contribution in [0.5, 0.6) is 0 Å². The van der Waals surface area contributed by atoms with Crippen LogP contribution in [0.4, 0.5) is 0 Å². The van der Waals surface area contributed by atoms with E-state index in [0.717, 1.165) is 4.57 Å². The minimum atomic E-state index is -0.537. The Morgan fingerprint density at radius 3 is 2.64 bits per heavy atom. The van der Waals surface area contributed by atoms with Crippen molar-refractivity contribution in [2.75, 3.05) is 6.54 Å². The van der Waals surface area contributed by atoms with Gasteiger partial charge in [0.2, 0.25) is 0 Å². The number of nitrogens with one attached hydrogen (secondary N) is 2. The lowest BCUT2D eigenvalue weighted by Crippen LogP contribution is -2.48. The van der Waals surface area contributed by atoms with Crippen LogP contribution in [-0.4, -0.2) is 27.5 Å². The molecule has 0 aliphatic rings. The summed E-state index contributed by atoms with van der Waals surface area (Å²) in [6.07, 6.45) is 0. The number of aromatic nitrogens is 2. The molecule has 7 nitrogen and oxygen atoms in total. The minimum absolute atomic E-state index is 0.289. The van der Waals surface area contributed by atoms with Gasteiger partial charge in [0, 0.05) is 24.2 Å². The van der Waals surface area contributed by atoms with E-state index in [0.29, 0.717) is 23.0 Å². The average molecular weight is 304 g/mol. The Labute approximate surface area is 127 Å². The highest BCUT2D eigenvalue weighted by molar-refractivity contribution is 5.98. The number of amides is 1. The number of H-pyrrole nitrogens is 1. The third-order valence-corrected chi connectivity index (χ3v) is 3.52. The van der Waals surface area contributed by atoms with Gasteiger partial charge in [0.1, 0.15) is 0 Å². The van der Waals surface area contributed by atoms with Gasteiger partial charge >= 0.3 is 5.69 Å². The number of hydrogen-bond acceptors (Lipinski definition) is 4. The summed E-state index contributed by atoms with van der Waals surface area (Å²) in [6.45, 7) is 5.93. The zero-order chi connectivity index (χ0) is 16.5. The second-order valence-electron chi connectivity index (χ2n) is 5.78. The van der Waals surface area contributed by atoms with Crippen molar-refractivity contribution in [3.63, 3.8) is 0 Å². The van der Waals surface area contributed by atoms with Crippen LogP contribution in [0, 0.1) is 0 Å². The molecule has 7 heteroatoms. The highest BCUT2D eigenvalue weighted by Gasteiger charge is 2.19. The van der Waals surface area contributed by atoms with Crippen molar-refractivity contribution >= 4 is 16.8 Å². The molecular formula is C15H20N4O3. The molecule has 2 rings (SSSR count). The summed E-state index contributed by atoms with van der Waals surface area (Å²) < 4.78 is 1.11. The standard InChI is InChI=1S/C15H20N4O3/c1-4-19-13(21)10-6-5-9(7-11(10)17-14(19)22)12(20)18-15(2,3)8-16/h5-7H,4,8,16H2,1-3H3,(H,17,22)(H,18,20). The Morgan fingerprint density at radius 2 is 2.05 bits per heavy atom. The fourth-order valence-corrected chi connectivity index (χ4v) is 2.11. The molecule has 0 atom stereocenters. The number of carbonyl (C=O) groups is 1. The smallest absolute Gasteiger partial charge is 0.328 e. The van der Waals surface area contributed by atoms with Gasteiger partial charge < -0.3 is 16.0 Å². The zero-order valence-corrected chi connectivity index (χ0v) is 12.9. The van der Waals surface area contributed by atoms with Crippen LogP contribution < -0.4 is 22.3 Å². The van der Waals surface area contributed by atoms with Crippen LogP contribution in [0.25, 0.3) is 10.9 Å². The van der Waals surface area contributed by atoms with Crippen molar-refractivity contribution in [2.24, 2.45) is 5.73 Å². The van der Waals surface area contributed by atoms with Crippen molar-refractivity contribution in [1.29, 1.82) is 0 Å². The Morgan fingerprint density at radius 1 is 1.36 bits per heavy atom. The second kappa shape index (κ2) is 5.76. The van der Waals surface area contributed by atoms with Gasteiger partial charge in [-0.3, -0.25) is 14.2 Å². The van der Waals surface area contributed by atoms with Crippen molar-refractivity contribution < 1.29 is 4.79 Å². The van der Waals surface area contributed by atoms with Crippen molar-refractivity contribution in [2.45, 2.75) is 32.9 Å². The van der Waals surface area contributed by atoms with Crippen LogP contribution in [-0.2, 0) is 6.54 Å². The van der Waals surface area contributed by atoms with E-state index in [1.165, 1.54) is 6.07 Å². The molecule has 0 radical (unpaired) electrons. The fraction of sp³-hybridized carbons (Fsp3) is 0.400. The van der Waals surface area contributed by atoms with Crippen LogP contribution in [0.15, 0.2) is 27.8 Å². The second-order valence-corrected chi connectivity index (χ2v) is 5.78. The number of carbonyl (C=O) groups excluding carboxylic acids is 1. The molecule has 0 bridgehead atoms. The van der Waals surface area contributed by atoms with E-state index in [4.69, 9.17) is 5.73 Å². The van der Waals surface area contributed by atoms with Gasteiger partial charge in [-0.1, -0.05) is 0 Å². The molecule has 0 spiro atoms. The van der Waals surface area contributed by atoms with Crippen molar-refractivity contribution in [3.05, 3.63) is 44.6 Å². The largest absolute Gasteiger partial charge is 0.346 e.